The van der Waals surface area contributed by atoms with Crippen LogP contribution in [-0.4, -0.2) is 39.4 Å². The van der Waals surface area contributed by atoms with Crippen LogP contribution in [0.3, 0.4) is 0 Å². The normalized spacial score (nSPS) is 11.2. The number of amides is 2. The van der Waals surface area contributed by atoms with Crippen molar-refractivity contribution >= 4 is 22.8 Å². The molecular formula is C21H30N4O2. The predicted octanol–water partition coefficient (Wildman–Crippen LogP) is 2.98. The molecule has 27 heavy (non-hydrogen) atoms. The molecular weight excluding hydrogens is 340 g/mol. The van der Waals surface area contributed by atoms with Crippen molar-refractivity contribution in [3.63, 3.8) is 0 Å². The molecule has 6 heteroatoms. The van der Waals surface area contributed by atoms with Gasteiger partial charge >= 0.3 is 0 Å². The van der Waals surface area contributed by atoms with Gasteiger partial charge in [0.05, 0.1) is 17.6 Å². The van der Waals surface area contributed by atoms with E-state index in [0.717, 1.165) is 24.1 Å². The number of nitrogens with one attached hydrogen (secondary N) is 1. The van der Waals surface area contributed by atoms with E-state index in [-0.39, 0.29) is 24.9 Å². The molecule has 0 saturated heterocycles. The van der Waals surface area contributed by atoms with Gasteiger partial charge in [-0.1, -0.05) is 46.4 Å². The van der Waals surface area contributed by atoms with Crippen LogP contribution in [-0.2, 0) is 22.7 Å². The van der Waals surface area contributed by atoms with Crippen LogP contribution in [0, 0.1) is 11.8 Å². The van der Waals surface area contributed by atoms with Crippen molar-refractivity contribution in [2.45, 2.75) is 40.8 Å². The summed E-state index contributed by atoms with van der Waals surface area (Å²) in [5.41, 5.74) is 1.70. The Balaban J connectivity index is 2.30. The second-order valence-electron chi connectivity index (χ2n) is 7.61. The summed E-state index contributed by atoms with van der Waals surface area (Å²) < 4.78 is 1.90. The summed E-state index contributed by atoms with van der Waals surface area (Å²) in [7, 11) is 0. The van der Waals surface area contributed by atoms with E-state index in [1.165, 1.54) is 6.08 Å². The molecule has 0 spiro atoms. The number of carbonyl (C=O) groups is 2. The predicted molar refractivity (Wildman–Crippen MR) is 108 cm³/mol. The van der Waals surface area contributed by atoms with Crippen LogP contribution in [0.1, 0.15) is 33.5 Å². The maximum atomic E-state index is 13.0. The number of benzene rings is 1. The van der Waals surface area contributed by atoms with Gasteiger partial charge in [0.25, 0.3) is 0 Å². The van der Waals surface area contributed by atoms with Crippen LogP contribution >= 0.6 is 0 Å². The molecule has 0 fully saturated rings. The number of nitrogens with zero attached hydrogens (tertiary/aromatic N) is 3. The highest BCUT2D eigenvalue weighted by molar-refractivity contribution is 5.87. The van der Waals surface area contributed by atoms with Gasteiger partial charge in [-0.3, -0.25) is 9.59 Å². The molecule has 2 amide bonds. The standard InChI is InChI=1S/C21H30N4O2/c1-6-20(26)22-11-19-23-17-9-7-8-10-18(17)25(19)14-21(27)24(12-15(2)3)13-16(4)5/h6-10,15-16H,1,11-14H2,2-5H3,(H,22,26). The number of imidazole rings is 1. The molecule has 1 aromatic carbocycles. The lowest BCUT2D eigenvalue weighted by atomic mass is 10.1. The summed E-state index contributed by atoms with van der Waals surface area (Å²) in [5.74, 6) is 1.27. The van der Waals surface area contributed by atoms with Crippen LogP contribution in [0.15, 0.2) is 36.9 Å². The Kier molecular flexibility index (Phi) is 7.16. The molecule has 6 nitrogen and oxygen atoms in total. The van der Waals surface area contributed by atoms with Gasteiger partial charge in [0.2, 0.25) is 11.8 Å². The van der Waals surface area contributed by atoms with E-state index in [1.807, 2.05) is 33.7 Å². The van der Waals surface area contributed by atoms with Crippen molar-refractivity contribution in [3.05, 3.63) is 42.7 Å². The van der Waals surface area contributed by atoms with Gasteiger partial charge in [-0.05, 0) is 30.0 Å². The number of rotatable bonds is 9. The highest BCUT2D eigenvalue weighted by Crippen LogP contribution is 2.17. The smallest absolute Gasteiger partial charge is 0.243 e. The second-order valence-corrected chi connectivity index (χ2v) is 7.61. The number of fused-ring (bicyclic) bond motifs is 1. The Bertz CT molecular complexity index is 798. The summed E-state index contributed by atoms with van der Waals surface area (Å²) >= 11 is 0. The van der Waals surface area contributed by atoms with Gasteiger partial charge in [-0.15, -0.1) is 0 Å². The Labute approximate surface area is 161 Å². The zero-order valence-electron chi connectivity index (χ0n) is 16.7. The fourth-order valence-corrected chi connectivity index (χ4v) is 3.07. The lowest BCUT2D eigenvalue weighted by Gasteiger charge is -2.27. The zero-order chi connectivity index (χ0) is 20.0. The molecule has 1 heterocycles. The molecule has 1 aromatic heterocycles. The maximum absolute atomic E-state index is 13.0. The molecule has 146 valence electrons. The SMILES string of the molecule is C=CC(=O)NCc1nc2ccccc2n1CC(=O)N(CC(C)C)CC(C)C. The van der Waals surface area contributed by atoms with Gasteiger partial charge in [0.15, 0.2) is 0 Å². The minimum atomic E-state index is -0.263. The van der Waals surface area contributed by atoms with E-state index < -0.39 is 0 Å². The molecule has 0 radical (unpaired) electrons. The van der Waals surface area contributed by atoms with E-state index >= 15 is 0 Å². The molecule has 0 saturated carbocycles. The third kappa shape index (κ3) is 5.67. The quantitative estimate of drug-likeness (QED) is 0.690. The van der Waals surface area contributed by atoms with Crippen molar-refractivity contribution in [1.82, 2.24) is 19.8 Å². The van der Waals surface area contributed by atoms with Crippen molar-refractivity contribution in [2.24, 2.45) is 11.8 Å². The highest BCUT2D eigenvalue weighted by atomic mass is 16.2. The third-order valence-corrected chi connectivity index (χ3v) is 4.16. The van der Waals surface area contributed by atoms with Crippen molar-refractivity contribution in [3.8, 4) is 0 Å². The van der Waals surface area contributed by atoms with Gasteiger partial charge in [0.1, 0.15) is 12.4 Å². The van der Waals surface area contributed by atoms with Gasteiger partial charge in [-0.2, -0.15) is 0 Å². The first kappa shape index (κ1) is 20.7. The summed E-state index contributed by atoms with van der Waals surface area (Å²) in [6, 6.07) is 7.70. The largest absolute Gasteiger partial charge is 0.345 e. The summed E-state index contributed by atoms with van der Waals surface area (Å²) in [6.07, 6.45) is 1.23. The lowest BCUT2D eigenvalue weighted by molar-refractivity contribution is -0.132. The number of hydrogen-bond donors (Lipinski definition) is 1. The van der Waals surface area contributed by atoms with Crippen molar-refractivity contribution < 1.29 is 9.59 Å². The zero-order valence-corrected chi connectivity index (χ0v) is 16.7. The number of aromatic nitrogens is 2. The summed E-state index contributed by atoms with van der Waals surface area (Å²) in [6.45, 7) is 13.8. The fraction of sp³-hybridized carbons (Fsp3) is 0.476. The molecule has 0 atom stereocenters. The first-order valence-electron chi connectivity index (χ1n) is 9.44. The molecule has 0 aliphatic rings. The molecule has 0 unspecified atom stereocenters. The molecule has 0 aliphatic heterocycles. The van der Waals surface area contributed by atoms with Crippen LogP contribution in [0.5, 0.6) is 0 Å². The molecule has 2 rings (SSSR count). The Morgan fingerprint density at radius 3 is 2.41 bits per heavy atom. The lowest BCUT2D eigenvalue weighted by Crippen LogP contribution is -2.39. The van der Waals surface area contributed by atoms with E-state index in [4.69, 9.17) is 0 Å². The minimum Gasteiger partial charge on any atom is -0.345 e. The highest BCUT2D eigenvalue weighted by Gasteiger charge is 2.20. The molecule has 0 bridgehead atoms. The first-order valence-corrected chi connectivity index (χ1v) is 9.44. The van der Waals surface area contributed by atoms with E-state index in [2.05, 4.69) is 44.6 Å². The third-order valence-electron chi connectivity index (χ3n) is 4.16. The van der Waals surface area contributed by atoms with Gasteiger partial charge in [-0.25, -0.2) is 4.98 Å². The van der Waals surface area contributed by atoms with E-state index in [1.54, 1.807) is 0 Å². The van der Waals surface area contributed by atoms with Gasteiger partial charge in [0, 0.05) is 13.1 Å². The van der Waals surface area contributed by atoms with Crippen LogP contribution in [0.25, 0.3) is 11.0 Å². The van der Waals surface area contributed by atoms with Crippen molar-refractivity contribution in [2.75, 3.05) is 13.1 Å². The van der Waals surface area contributed by atoms with E-state index in [0.29, 0.717) is 17.7 Å². The average molecular weight is 370 g/mol. The Morgan fingerprint density at radius 1 is 1.19 bits per heavy atom. The van der Waals surface area contributed by atoms with Crippen molar-refractivity contribution in [1.29, 1.82) is 0 Å². The van der Waals surface area contributed by atoms with Crippen LogP contribution < -0.4 is 5.32 Å². The summed E-state index contributed by atoms with van der Waals surface area (Å²) in [4.78, 5) is 31.1. The minimum absolute atomic E-state index is 0.0665. The average Bonchev–Trinajstić information content (AvgIpc) is 2.96. The monoisotopic (exact) mass is 370 g/mol. The Morgan fingerprint density at radius 2 is 1.81 bits per heavy atom. The molecule has 2 aromatic rings. The Hall–Kier alpha value is -2.63. The molecule has 0 aliphatic carbocycles. The topological polar surface area (TPSA) is 67.2 Å². The number of para-hydroxylation sites is 2. The van der Waals surface area contributed by atoms with Crippen LogP contribution in [0.4, 0.5) is 0 Å². The van der Waals surface area contributed by atoms with E-state index in [9.17, 15) is 9.59 Å². The molecule has 1 N–H and O–H groups in total. The maximum Gasteiger partial charge on any atom is 0.243 e. The number of hydrogen-bond acceptors (Lipinski definition) is 3. The fourth-order valence-electron chi connectivity index (χ4n) is 3.07. The number of carbonyl (C=O) groups excluding carboxylic acids is 2. The first-order chi connectivity index (χ1) is 12.8. The van der Waals surface area contributed by atoms with Gasteiger partial charge < -0.3 is 14.8 Å². The van der Waals surface area contributed by atoms with Crippen LogP contribution in [0.2, 0.25) is 0 Å². The second kappa shape index (κ2) is 9.35. The summed E-state index contributed by atoms with van der Waals surface area (Å²) in [5, 5.41) is 2.75.